The van der Waals surface area contributed by atoms with Crippen LogP contribution < -0.4 is 10.6 Å². The molecular formula is C16H18N2O. The van der Waals surface area contributed by atoms with Gasteiger partial charge in [-0.2, -0.15) is 0 Å². The van der Waals surface area contributed by atoms with E-state index in [1.54, 1.807) is 0 Å². The number of rotatable bonds is 5. The third-order valence-corrected chi connectivity index (χ3v) is 2.76. The van der Waals surface area contributed by atoms with Crippen molar-refractivity contribution in [2.24, 2.45) is 0 Å². The molecule has 0 atom stereocenters. The minimum absolute atomic E-state index is 0.0223. The van der Waals surface area contributed by atoms with Crippen LogP contribution in [0.4, 0.5) is 11.4 Å². The second-order valence-electron chi connectivity index (χ2n) is 4.46. The van der Waals surface area contributed by atoms with Gasteiger partial charge in [0.1, 0.15) is 0 Å². The maximum Gasteiger partial charge on any atom is 0.226 e. The number of anilines is 2. The number of aryl methyl sites for hydroxylation is 1. The fourth-order valence-electron chi connectivity index (χ4n) is 1.82. The predicted molar refractivity (Wildman–Crippen MR) is 79.4 cm³/mol. The number of carbonyl (C=O) groups excluding carboxylic acids is 1. The highest BCUT2D eigenvalue weighted by Gasteiger charge is 2.02. The van der Waals surface area contributed by atoms with E-state index in [4.69, 9.17) is 0 Å². The summed E-state index contributed by atoms with van der Waals surface area (Å²) in [5.41, 5.74) is 3.02. The van der Waals surface area contributed by atoms with Gasteiger partial charge >= 0.3 is 0 Å². The van der Waals surface area contributed by atoms with Crippen molar-refractivity contribution < 1.29 is 4.79 Å². The van der Waals surface area contributed by atoms with Crippen LogP contribution in [0.25, 0.3) is 0 Å². The van der Waals surface area contributed by atoms with Gasteiger partial charge in [0, 0.05) is 24.3 Å². The smallest absolute Gasteiger partial charge is 0.226 e. The number of hydrogen-bond donors (Lipinski definition) is 2. The molecule has 2 rings (SSSR count). The number of amides is 1. The van der Waals surface area contributed by atoms with Crippen molar-refractivity contribution in [3.63, 3.8) is 0 Å². The average Bonchev–Trinajstić information content (AvgIpc) is 2.40. The Hall–Kier alpha value is -2.29. The number of carbonyl (C=O) groups is 1. The van der Waals surface area contributed by atoms with E-state index in [0.29, 0.717) is 13.0 Å². The molecule has 2 aromatic rings. The van der Waals surface area contributed by atoms with Crippen molar-refractivity contribution >= 4 is 17.3 Å². The van der Waals surface area contributed by atoms with Gasteiger partial charge < -0.3 is 10.6 Å². The highest BCUT2D eigenvalue weighted by atomic mass is 16.1. The van der Waals surface area contributed by atoms with Crippen LogP contribution >= 0.6 is 0 Å². The highest BCUT2D eigenvalue weighted by molar-refractivity contribution is 5.91. The molecule has 3 nitrogen and oxygen atoms in total. The van der Waals surface area contributed by atoms with Gasteiger partial charge in [0.05, 0.1) is 0 Å². The lowest BCUT2D eigenvalue weighted by atomic mass is 10.2. The molecule has 3 heteroatoms. The largest absolute Gasteiger partial charge is 0.385 e. The minimum atomic E-state index is 0.0223. The van der Waals surface area contributed by atoms with Gasteiger partial charge in [-0.15, -0.1) is 0 Å². The van der Waals surface area contributed by atoms with Crippen LogP contribution in [0.5, 0.6) is 0 Å². The van der Waals surface area contributed by atoms with Crippen molar-refractivity contribution in [2.45, 2.75) is 13.3 Å². The van der Waals surface area contributed by atoms with Gasteiger partial charge in [-0.05, 0) is 36.8 Å². The zero-order valence-corrected chi connectivity index (χ0v) is 11.0. The quantitative estimate of drug-likeness (QED) is 0.858. The Bertz CT molecular complexity index is 537. The number of para-hydroxylation sites is 1. The summed E-state index contributed by atoms with van der Waals surface area (Å²) in [7, 11) is 0. The van der Waals surface area contributed by atoms with Crippen LogP contribution in [0.2, 0.25) is 0 Å². The van der Waals surface area contributed by atoms with Gasteiger partial charge in [-0.25, -0.2) is 0 Å². The Morgan fingerprint density at radius 3 is 2.47 bits per heavy atom. The molecule has 0 aliphatic carbocycles. The van der Waals surface area contributed by atoms with Crippen LogP contribution in [0.1, 0.15) is 12.0 Å². The van der Waals surface area contributed by atoms with E-state index >= 15 is 0 Å². The third-order valence-electron chi connectivity index (χ3n) is 2.76. The number of hydrogen-bond acceptors (Lipinski definition) is 2. The fourth-order valence-corrected chi connectivity index (χ4v) is 1.82. The lowest BCUT2D eigenvalue weighted by molar-refractivity contribution is -0.115. The van der Waals surface area contributed by atoms with E-state index < -0.39 is 0 Å². The molecule has 98 valence electrons. The molecule has 0 aromatic heterocycles. The summed E-state index contributed by atoms with van der Waals surface area (Å²) in [5.74, 6) is 0.0223. The molecule has 0 radical (unpaired) electrons. The summed E-state index contributed by atoms with van der Waals surface area (Å²) in [6.07, 6.45) is 0.447. The normalized spacial score (nSPS) is 9.95. The zero-order chi connectivity index (χ0) is 13.5. The van der Waals surface area contributed by atoms with Crippen molar-refractivity contribution in [1.82, 2.24) is 0 Å². The fraction of sp³-hybridized carbons (Fsp3) is 0.188. The summed E-state index contributed by atoms with van der Waals surface area (Å²) in [6, 6.07) is 17.7. The van der Waals surface area contributed by atoms with E-state index in [2.05, 4.69) is 10.6 Å². The predicted octanol–water partition coefficient (Wildman–Crippen LogP) is 3.44. The summed E-state index contributed by atoms with van der Waals surface area (Å²) in [4.78, 5) is 11.8. The summed E-state index contributed by atoms with van der Waals surface area (Å²) in [6.45, 7) is 2.63. The monoisotopic (exact) mass is 254 g/mol. The number of nitrogens with one attached hydrogen (secondary N) is 2. The molecule has 1 amide bonds. The van der Waals surface area contributed by atoms with Crippen molar-refractivity contribution in [1.29, 1.82) is 0 Å². The molecule has 0 saturated heterocycles. The Kier molecular flexibility index (Phi) is 4.56. The van der Waals surface area contributed by atoms with Crippen LogP contribution in [0.15, 0.2) is 54.6 Å². The Morgan fingerprint density at radius 1 is 1.00 bits per heavy atom. The first-order chi connectivity index (χ1) is 9.24. The lowest BCUT2D eigenvalue weighted by Crippen LogP contribution is -2.16. The highest BCUT2D eigenvalue weighted by Crippen LogP contribution is 2.10. The molecule has 0 fully saturated rings. The summed E-state index contributed by atoms with van der Waals surface area (Å²) in [5, 5.41) is 6.10. The Labute approximate surface area is 113 Å². The minimum Gasteiger partial charge on any atom is -0.385 e. The van der Waals surface area contributed by atoms with E-state index in [1.807, 2.05) is 61.5 Å². The van der Waals surface area contributed by atoms with Crippen molar-refractivity contribution in [2.75, 3.05) is 17.2 Å². The topological polar surface area (TPSA) is 41.1 Å². The number of benzene rings is 2. The van der Waals surface area contributed by atoms with E-state index in [9.17, 15) is 4.79 Å². The van der Waals surface area contributed by atoms with E-state index in [1.165, 1.54) is 0 Å². The average molecular weight is 254 g/mol. The Balaban J connectivity index is 1.76. The van der Waals surface area contributed by atoms with E-state index in [0.717, 1.165) is 16.9 Å². The molecule has 0 bridgehead atoms. The molecule has 0 spiro atoms. The standard InChI is InChI=1S/C16H18N2O/c1-13-6-5-9-15(12-13)18-16(19)10-11-17-14-7-3-2-4-8-14/h2-9,12,17H,10-11H2,1H3,(H,18,19). The zero-order valence-electron chi connectivity index (χ0n) is 11.0. The van der Waals surface area contributed by atoms with Gasteiger partial charge in [-0.1, -0.05) is 30.3 Å². The molecule has 19 heavy (non-hydrogen) atoms. The lowest BCUT2D eigenvalue weighted by Gasteiger charge is -2.07. The Morgan fingerprint density at radius 2 is 1.74 bits per heavy atom. The molecule has 0 heterocycles. The molecule has 2 N–H and O–H groups in total. The summed E-state index contributed by atoms with van der Waals surface area (Å²) >= 11 is 0. The van der Waals surface area contributed by atoms with Gasteiger partial charge in [0.25, 0.3) is 0 Å². The van der Waals surface area contributed by atoms with Crippen LogP contribution in [-0.4, -0.2) is 12.5 Å². The van der Waals surface area contributed by atoms with E-state index in [-0.39, 0.29) is 5.91 Å². The SMILES string of the molecule is Cc1cccc(NC(=O)CCNc2ccccc2)c1. The maximum absolute atomic E-state index is 11.8. The second-order valence-corrected chi connectivity index (χ2v) is 4.46. The molecule has 2 aromatic carbocycles. The molecular weight excluding hydrogens is 236 g/mol. The second kappa shape index (κ2) is 6.59. The van der Waals surface area contributed by atoms with Crippen molar-refractivity contribution in [3.8, 4) is 0 Å². The molecule has 0 unspecified atom stereocenters. The van der Waals surface area contributed by atoms with Crippen LogP contribution in [0, 0.1) is 6.92 Å². The molecule has 0 aliphatic heterocycles. The maximum atomic E-state index is 11.8. The summed E-state index contributed by atoms with van der Waals surface area (Å²) < 4.78 is 0. The molecule has 0 aliphatic rings. The third kappa shape index (κ3) is 4.47. The van der Waals surface area contributed by atoms with Gasteiger partial charge in [0.15, 0.2) is 0 Å². The first-order valence-electron chi connectivity index (χ1n) is 6.39. The molecule has 0 saturated carbocycles. The van der Waals surface area contributed by atoms with Gasteiger partial charge in [-0.3, -0.25) is 4.79 Å². The van der Waals surface area contributed by atoms with Crippen LogP contribution in [0.3, 0.4) is 0 Å². The van der Waals surface area contributed by atoms with Crippen LogP contribution in [-0.2, 0) is 4.79 Å². The first kappa shape index (κ1) is 13.1. The first-order valence-corrected chi connectivity index (χ1v) is 6.39. The van der Waals surface area contributed by atoms with Gasteiger partial charge in [0.2, 0.25) is 5.91 Å². The van der Waals surface area contributed by atoms with Crippen molar-refractivity contribution in [3.05, 3.63) is 60.2 Å².